The molecule has 6 heteroatoms. The highest BCUT2D eigenvalue weighted by Crippen LogP contribution is 2.23. The number of hydrogen-bond donors (Lipinski definition) is 1. The van der Waals surface area contributed by atoms with Gasteiger partial charge in [-0.2, -0.15) is 0 Å². The molecular formula is C14H11NO5. The van der Waals surface area contributed by atoms with Crippen LogP contribution in [0, 0.1) is 10.1 Å². The number of rotatable bonds is 5. The Morgan fingerprint density at radius 1 is 1.15 bits per heavy atom. The zero-order valence-electron chi connectivity index (χ0n) is 10.4. The molecule has 0 aliphatic carbocycles. The lowest BCUT2D eigenvalue weighted by atomic mass is 10.1. The van der Waals surface area contributed by atoms with Gasteiger partial charge in [-0.05, 0) is 12.1 Å². The second kappa shape index (κ2) is 5.83. The van der Waals surface area contributed by atoms with E-state index in [2.05, 4.69) is 0 Å². The van der Waals surface area contributed by atoms with Crippen LogP contribution in [0.2, 0.25) is 0 Å². The first-order valence-electron chi connectivity index (χ1n) is 5.77. The fraction of sp³-hybridized carbons (Fsp3) is 0.0714. The molecule has 20 heavy (non-hydrogen) atoms. The predicted octanol–water partition coefficient (Wildman–Crippen LogP) is 2.87. The monoisotopic (exact) mass is 273 g/mol. The highest BCUT2D eigenvalue weighted by Gasteiger charge is 2.23. The van der Waals surface area contributed by atoms with Crippen molar-refractivity contribution in [2.24, 2.45) is 0 Å². The van der Waals surface area contributed by atoms with Crippen LogP contribution >= 0.6 is 0 Å². The molecular weight excluding hydrogens is 262 g/mol. The molecule has 0 bridgehead atoms. The number of carboxylic acids is 1. The second-order valence-corrected chi connectivity index (χ2v) is 3.98. The Morgan fingerprint density at radius 3 is 2.45 bits per heavy atom. The summed E-state index contributed by atoms with van der Waals surface area (Å²) in [6, 6.07) is 12.9. The second-order valence-electron chi connectivity index (χ2n) is 3.98. The molecule has 0 aliphatic rings. The number of nitro groups is 1. The third kappa shape index (κ3) is 2.92. The number of hydrogen-bond acceptors (Lipinski definition) is 4. The van der Waals surface area contributed by atoms with Gasteiger partial charge < -0.3 is 9.84 Å². The normalized spacial score (nSPS) is 10.0. The van der Waals surface area contributed by atoms with E-state index in [1.807, 2.05) is 6.07 Å². The number of para-hydroxylation sites is 1. The maximum atomic E-state index is 11.2. The number of nitro benzene ring substituents is 1. The standard InChI is InChI=1S/C14H11NO5/c16-14(17)13-10(5-4-8-12(13)15(18)19)9-20-11-6-2-1-3-7-11/h1-8H,9H2,(H,16,17). The number of benzene rings is 2. The highest BCUT2D eigenvalue weighted by molar-refractivity contribution is 5.94. The van der Waals surface area contributed by atoms with Crippen LogP contribution in [0.5, 0.6) is 5.75 Å². The predicted molar refractivity (Wildman–Crippen MR) is 70.8 cm³/mol. The first-order chi connectivity index (χ1) is 9.59. The summed E-state index contributed by atoms with van der Waals surface area (Å²) in [6.45, 7) is -0.0483. The summed E-state index contributed by atoms with van der Waals surface area (Å²) in [6.07, 6.45) is 0. The molecule has 0 heterocycles. The maximum Gasteiger partial charge on any atom is 0.343 e. The van der Waals surface area contributed by atoms with Crippen LogP contribution in [0.25, 0.3) is 0 Å². The van der Waals surface area contributed by atoms with Crippen LogP contribution in [-0.2, 0) is 6.61 Å². The largest absolute Gasteiger partial charge is 0.489 e. The molecule has 0 saturated heterocycles. The molecule has 2 aromatic carbocycles. The minimum Gasteiger partial charge on any atom is -0.489 e. The smallest absolute Gasteiger partial charge is 0.343 e. The van der Waals surface area contributed by atoms with Gasteiger partial charge in [0.2, 0.25) is 0 Å². The summed E-state index contributed by atoms with van der Waals surface area (Å²) < 4.78 is 5.43. The van der Waals surface area contributed by atoms with Crippen molar-refractivity contribution in [1.29, 1.82) is 0 Å². The van der Waals surface area contributed by atoms with Gasteiger partial charge >= 0.3 is 5.97 Å². The Hall–Kier alpha value is -2.89. The number of aromatic carboxylic acids is 1. The van der Waals surface area contributed by atoms with E-state index < -0.39 is 16.6 Å². The van der Waals surface area contributed by atoms with E-state index in [1.54, 1.807) is 24.3 Å². The van der Waals surface area contributed by atoms with Crippen LogP contribution in [0.3, 0.4) is 0 Å². The molecule has 0 saturated carbocycles. The molecule has 2 rings (SSSR count). The lowest BCUT2D eigenvalue weighted by Gasteiger charge is -2.08. The molecule has 0 unspecified atom stereocenters. The average molecular weight is 273 g/mol. The molecule has 2 aromatic rings. The molecule has 6 nitrogen and oxygen atoms in total. The first kappa shape index (κ1) is 13.5. The maximum absolute atomic E-state index is 11.2. The lowest BCUT2D eigenvalue weighted by molar-refractivity contribution is -0.385. The van der Waals surface area contributed by atoms with Gasteiger partial charge in [0.15, 0.2) is 0 Å². The van der Waals surface area contributed by atoms with Gasteiger partial charge in [0.05, 0.1) is 4.92 Å². The van der Waals surface area contributed by atoms with E-state index in [0.717, 1.165) is 6.07 Å². The summed E-state index contributed by atoms with van der Waals surface area (Å²) >= 11 is 0. The topological polar surface area (TPSA) is 89.7 Å². The average Bonchev–Trinajstić information content (AvgIpc) is 2.45. The van der Waals surface area contributed by atoms with Crippen molar-refractivity contribution in [2.45, 2.75) is 6.61 Å². The fourth-order valence-corrected chi connectivity index (χ4v) is 1.78. The minimum absolute atomic E-state index is 0.0483. The van der Waals surface area contributed by atoms with Crippen molar-refractivity contribution >= 4 is 11.7 Å². The molecule has 0 atom stereocenters. The van der Waals surface area contributed by atoms with Gasteiger partial charge in [-0.3, -0.25) is 10.1 Å². The summed E-state index contributed by atoms with van der Waals surface area (Å²) in [5.74, 6) is -0.778. The number of carbonyl (C=O) groups is 1. The lowest BCUT2D eigenvalue weighted by Crippen LogP contribution is -2.09. The Labute approximate surface area is 114 Å². The Kier molecular flexibility index (Phi) is 3.95. The Balaban J connectivity index is 2.30. The third-order valence-corrected chi connectivity index (χ3v) is 2.68. The highest BCUT2D eigenvalue weighted by atomic mass is 16.6. The van der Waals surface area contributed by atoms with E-state index in [0.29, 0.717) is 5.75 Å². The van der Waals surface area contributed by atoms with Crippen molar-refractivity contribution in [3.8, 4) is 5.75 Å². The SMILES string of the molecule is O=C(O)c1c(COc2ccccc2)cccc1[N+](=O)[O-]. The molecule has 0 aromatic heterocycles. The molecule has 1 N–H and O–H groups in total. The molecule has 0 spiro atoms. The van der Waals surface area contributed by atoms with Crippen LogP contribution < -0.4 is 4.74 Å². The van der Waals surface area contributed by atoms with Gasteiger partial charge in [0.1, 0.15) is 17.9 Å². The van der Waals surface area contributed by atoms with E-state index >= 15 is 0 Å². The molecule has 0 aliphatic heterocycles. The van der Waals surface area contributed by atoms with E-state index in [4.69, 9.17) is 9.84 Å². The van der Waals surface area contributed by atoms with Gasteiger partial charge in [0, 0.05) is 11.6 Å². The molecule has 102 valence electrons. The van der Waals surface area contributed by atoms with Gasteiger partial charge in [-0.1, -0.05) is 30.3 Å². The minimum atomic E-state index is -1.34. The van der Waals surface area contributed by atoms with Gasteiger partial charge in [-0.15, -0.1) is 0 Å². The quantitative estimate of drug-likeness (QED) is 0.668. The van der Waals surface area contributed by atoms with E-state index in [1.165, 1.54) is 12.1 Å². The summed E-state index contributed by atoms with van der Waals surface area (Å²) in [7, 11) is 0. The van der Waals surface area contributed by atoms with E-state index in [9.17, 15) is 14.9 Å². The molecule has 0 fully saturated rings. The van der Waals surface area contributed by atoms with Crippen molar-refractivity contribution < 1.29 is 19.6 Å². The summed E-state index contributed by atoms with van der Waals surface area (Å²) in [5, 5.41) is 20.0. The Morgan fingerprint density at radius 2 is 1.85 bits per heavy atom. The summed E-state index contributed by atoms with van der Waals surface area (Å²) in [4.78, 5) is 21.3. The van der Waals surface area contributed by atoms with Crippen molar-refractivity contribution in [1.82, 2.24) is 0 Å². The number of nitrogens with zero attached hydrogens (tertiary/aromatic N) is 1. The zero-order valence-corrected chi connectivity index (χ0v) is 10.4. The Bertz CT molecular complexity index is 639. The van der Waals surface area contributed by atoms with Gasteiger partial charge in [-0.25, -0.2) is 4.79 Å². The first-order valence-corrected chi connectivity index (χ1v) is 5.77. The molecule has 0 radical (unpaired) electrons. The van der Waals surface area contributed by atoms with Crippen molar-refractivity contribution in [3.05, 3.63) is 69.8 Å². The fourth-order valence-electron chi connectivity index (χ4n) is 1.78. The van der Waals surface area contributed by atoms with Gasteiger partial charge in [0.25, 0.3) is 5.69 Å². The van der Waals surface area contributed by atoms with Crippen LogP contribution in [0.15, 0.2) is 48.5 Å². The zero-order chi connectivity index (χ0) is 14.5. The van der Waals surface area contributed by atoms with Crippen molar-refractivity contribution in [3.63, 3.8) is 0 Å². The van der Waals surface area contributed by atoms with Crippen LogP contribution in [0.4, 0.5) is 5.69 Å². The number of carboxylic acid groups (broad SMARTS) is 1. The molecule has 0 amide bonds. The van der Waals surface area contributed by atoms with Crippen LogP contribution in [0.1, 0.15) is 15.9 Å². The van der Waals surface area contributed by atoms with Crippen LogP contribution in [-0.4, -0.2) is 16.0 Å². The summed E-state index contributed by atoms with van der Waals surface area (Å²) in [5.41, 5.74) is -0.518. The number of ether oxygens (including phenoxy) is 1. The van der Waals surface area contributed by atoms with E-state index in [-0.39, 0.29) is 17.7 Å². The third-order valence-electron chi connectivity index (χ3n) is 2.68. The van der Waals surface area contributed by atoms with Crippen molar-refractivity contribution in [2.75, 3.05) is 0 Å².